The van der Waals surface area contributed by atoms with Crippen molar-refractivity contribution in [2.75, 3.05) is 0 Å². The van der Waals surface area contributed by atoms with Gasteiger partial charge in [-0.25, -0.2) is 0 Å². The molecule has 0 N–H and O–H groups in total. The summed E-state index contributed by atoms with van der Waals surface area (Å²) in [6, 6.07) is 0. The molecule has 0 saturated heterocycles. The zero-order chi connectivity index (χ0) is 14.6. The van der Waals surface area contributed by atoms with Gasteiger partial charge in [-0.3, -0.25) is 0 Å². The number of hydrogen-bond donors (Lipinski definition) is 0. The van der Waals surface area contributed by atoms with E-state index in [-0.39, 0.29) is 0 Å². The molecule has 5 aliphatic rings. The van der Waals surface area contributed by atoms with Gasteiger partial charge in [0.1, 0.15) is 11.6 Å². The van der Waals surface area contributed by atoms with Crippen molar-refractivity contribution in [3.05, 3.63) is 11.6 Å². The highest BCUT2D eigenvalue weighted by Gasteiger charge is 2.51. The predicted molar refractivity (Wildman–Crippen MR) is 86.5 cm³/mol. The molecule has 22 heavy (non-hydrogen) atoms. The first kappa shape index (κ1) is 13.6. The summed E-state index contributed by atoms with van der Waals surface area (Å²) in [5.74, 6) is 5.74. The van der Waals surface area contributed by atoms with Crippen LogP contribution >= 0.6 is 0 Å². The third-order valence-corrected chi connectivity index (χ3v) is 7.13. The number of aryl methyl sites for hydroxylation is 1. The molecule has 0 amide bonds. The van der Waals surface area contributed by atoms with Crippen LogP contribution in [0.4, 0.5) is 0 Å². The lowest BCUT2D eigenvalue weighted by molar-refractivity contribution is -0.0536. The van der Waals surface area contributed by atoms with E-state index in [1.807, 2.05) is 0 Å². The number of fused-ring (bicyclic) bond motifs is 1. The number of nitrogens with zero attached hydrogens (tertiary/aromatic N) is 3. The van der Waals surface area contributed by atoms with Crippen LogP contribution in [0.3, 0.4) is 0 Å². The van der Waals surface area contributed by atoms with E-state index in [1.54, 1.807) is 0 Å². The van der Waals surface area contributed by atoms with Gasteiger partial charge in [0.05, 0.1) is 0 Å². The van der Waals surface area contributed by atoms with Crippen molar-refractivity contribution in [3.8, 4) is 0 Å². The summed E-state index contributed by atoms with van der Waals surface area (Å²) in [5.41, 5.74) is 0.598. The summed E-state index contributed by atoms with van der Waals surface area (Å²) in [7, 11) is 0. The van der Waals surface area contributed by atoms with Crippen molar-refractivity contribution in [1.82, 2.24) is 14.8 Å². The Bertz CT molecular complexity index is 524. The molecule has 0 unspecified atom stereocenters. The third-order valence-electron chi connectivity index (χ3n) is 7.13. The lowest BCUT2D eigenvalue weighted by Crippen LogP contribution is -2.47. The quantitative estimate of drug-likeness (QED) is 0.821. The normalized spacial score (nSPS) is 40.3. The number of aromatic nitrogens is 3. The second kappa shape index (κ2) is 5.07. The van der Waals surface area contributed by atoms with E-state index in [2.05, 4.69) is 14.8 Å². The molecule has 3 heteroatoms. The van der Waals surface area contributed by atoms with E-state index in [1.165, 1.54) is 88.8 Å². The molecule has 3 nitrogen and oxygen atoms in total. The van der Waals surface area contributed by atoms with Gasteiger partial charge in [0, 0.05) is 19.4 Å². The maximum Gasteiger partial charge on any atom is 0.133 e. The van der Waals surface area contributed by atoms with Gasteiger partial charge in [-0.2, -0.15) is 0 Å². The van der Waals surface area contributed by atoms with Crippen molar-refractivity contribution >= 4 is 0 Å². The molecule has 6 rings (SSSR count). The van der Waals surface area contributed by atoms with Crippen LogP contribution in [0.25, 0.3) is 0 Å². The van der Waals surface area contributed by atoms with E-state index in [0.29, 0.717) is 5.41 Å². The van der Waals surface area contributed by atoms with Gasteiger partial charge in [0.25, 0.3) is 0 Å². The summed E-state index contributed by atoms with van der Waals surface area (Å²) in [6.07, 6.45) is 16.8. The van der Waals surface area contributed by atoms with Gasteiger partial charge >= 0.3 is 0 Å². The standard InChI is InChI=1S/C19H29N3/c1-2-4-6-22-17(5-3-1)20-21-18(22)13-19-10-14-7-15(11-19)9-16(8-14)12-19/h14-16H,1-13H2. The number of rotatable bonds is 2. The smallest absolute Gasteiger partial charge is 0.133 e. The molecule has 1 aromatic heterocycles. The zero-order valence-electron chi connectivity index (χ0n) is 13.8. The van der Waals surface area contributed by atoms with Crippen molar-refractivity contribution in [1.29, 1.82) is 0 Å². The Morgan fingerprint density at radius 2 is 1.55 bits per heavy atom. The highest BCUT2D eigenvalue weighted by molar-refractivity contribution is 5.08. The maximum absolute atomic E-state index is 4.67. The molecule has 2 heterocycles. The summed E-state index contributed by atoms with van der Waals surface area (Å²) < 4.78 is 2.51. The van der Waals surface area contributed by atoms with Crippen LogP contribution in [0, 0.1) is 23.2 Å². The second-order valence-electron chi connectivity index (χ2n) is 8.94. The van der Waals surface area contributed by atoms with Crippen LogP contribution in [0.5, 0.6) is 0 Å². The van der Waals surface area contributed by atoms with Crippen molar-refractivity contribution in [2.45, 2.75) is 83.6 Å². The van der Waals surface area contributed by atoms with Crippen LogP contribution in [0.15, 0.2) is 0 Å². The fraction of sp³-hybridized carbons (Fsp3) is 0.895. The second-order valence-corrected chi connectivity index (χ2v) is 8.94. The Morgan fingerprint density at radius 1 is 0.864 bits per heavy atom. The van der Waals surface area contributed by atoms with Gasteiger partial charge in [0.15, 0.2) is 0 Å². The average Bonchev–Trinajstić information content (AvgIpc) is 2.77. The molecule has 4 fully saturated rings. The molecule has 1 aliphatic heterocycles. The Morgan fingerprint density at radius 3 is 2.27 bits per heavy atom. The van der Waals surface area contributed by atoms with Crippen molar-refractivity contribution in [2.24, 2.45) is 23.2 Å². The fourth-order valence-electron chi connectivity index (χ4n) is 6.69. The lowest BCUT2D eigenvalue weighted by Gasteiger charge is -2.56. The van der Waals surface area contributed by atoms with E-state index in [4.69, 9.17) is 0 Å². The van der Waals surface area contributed by atoms with Gasteiger partial charge in [-0.1, -0.05) is 12.8 Å². The maximum atomic E-state index is 4.67. The monoisotopic (exact) mass is 299 g/mol. The Kier molecular flexibility index (Phi) is 3.13. The zero-order valence-corrected chi connectivity index (χ0v) is 13.8. The molecule has 4 saturated carbocycles. The van der Waals surface area contributed by atoms with Crippen LogP contribution in [0.1, 0.15) is 75.9 Å². The molecule has 1 aromatic rings. The number of hydrogen-bond acceptors (Lipinski definition) is 2. The molecular formula is C19H29N3. The molecule has 4 aliphatic carbocycles. The van der Waals surface area contributed by atoms with Gasteiger partial charge < -0.3 is 4.57 Å². The van der Waals surface area contributed by atoms with Gasteiger partial charge in [0.2, 0.25) is 0 Å². The van der Waals surface area contributed by atoms with Crippen LogP contribution in [-0.2, 0) is 19.4 Å². The molecule has 120 valence electrons. The minimum Gasteiger partial charge on any atom is -0.315 e. The van der Waals surface area contributed by atoms with Gasteiger partial charge in [-0.05, 0) is 74.5 Å². The van der Waals surface area contributed by atoms with Crippen LogP contribution < -0.4 is 0 Å². The Hall–Kier alpha value is -0.860. The molecule has 0 aromatic carbocycles. The first-order chi connectivity index (χ1) is 10.8. The first-order valence-electron chi connectivity index (χ1n) is 9.71. The Balaban J connectivity index is 1.42. The van der Waals surface area contributed by atoms with E-state index in [0.717, 1.165) is 24.2 Å². The highest BCUT2D eigenvalue weighted by Crippen LogP contribution is 2.60. The van der Waals surface area contributed by atoms with Crippen LogP contribution in [-0.4, -0.2) is 14.8 Å². The molecule has 4 bridgehead atoms. The molecule has 0 spiro atoms. The van der Waals surface area contributed by atoms with Crippen molar-refractivity contribution < 1.29 is 0 Å². The summed E-state index contributed by atoms with van der Waals surface area (Å²) in [6.45, 7) is 1.17. The van der Waals surface area contributed by atoms with Gasteiger partial charge in [-0.15, -0.1) is 10.2 Å². The molecule has 0 atom stereocenters. The molecule has 0 radical (unpaired) electrons. The molecular weight excluding hydrogens is 270 g/mol. The van der Waals surface area contributed by atoms with E-state index < -0.39 is 0 Å². The summed E-state index contributed by atoms with van der Waals surface area (Å²) in [4.78, 5) is 0. The largest absolute Gasteiger partial charge is 0.315 e. The SMILES string of the molecule is C1CCCn2c(nnc2CC23CC4CC(CC(C4)C2)C3)CC1. The Labute approximate surface area is 133 Å². The van der Waals surface area contributed by atoms with Crippen LogP contribution in [0.2, 0.25) is 0 Å². The first-order valence-corrected chi connectivity index (χ1v) is 9.71. The fourth-order valence-corrected chi connectivity index (χ4v) is 6.69. The van der Waals surface area contributed by atoms with Crippen molar-refractivity contribution in [3.63, 3.8) is 0 Å². The minimum atomic E-state index is 0.598. The average molecular weight is 299 g/mol. The topological polar surface area (TPSA) is 30.7 Å². The van der Waals surface area contributed by atoms with E-state index in [9.17, 15) is 0 Å². The third kappa shape index (κ3) is 2.23. The van der Waals surface area contributed by atoms with E-state index >= 15 is 0 Å². The minimum absolute atomic E-state index is 0.598. The lowest BCUT2D eigenvalue weighted by atomic mass is 9.49. The highest BCUT2D eigenvalue weighted by atomic mass is 15.3. The summed E-state index contributed by atoms with van der Waals surface area (Å²) in [5, 5.41) is 9.24. The predicted octanol–water partition coefficient (Wildman–Crippen LogP) is 4.15. The summed E-state index contributed by atoms with van der Waals surface area (Å²) >= 11 is 0.